The van der Waals surface area contributed by atoms with Crippen LogP contribution >= 0.6 is 0 Å². The molecular formula is C15H18N2O4. The third-order valence-corrected chi connectivity index (χ3v) is 3.27. The first-order valence-electron chi connectivity index (χ1n) is 6.81. The minimum absolute atomic E-state index is 0.0288. The van der Waals surface area contributed by atoms with Crippen molar-refractivity contribution in [2.45, 2.75) is 13.5 Å². The summed E-state index contributed by atoms with van der Waals surface area (Å²) in [4.78, 5) is 12.7. The van der Waals surface area contributed by atoms with Gasteiger partial charge in [0.1, 0.15) is 11.5 Å². The van der Waals surface area contributed by atoms with Crippen molar-refractivity contribution in [1.29, 1.82) is 0 Å². The van der Waals surface area contributed by atoms with Crippen molar-refractivity contribution in [3.63, 3.8) is 0 Å². The molecule has 0 fully saturated rings. The van der Waals surface area contributed by atoms with E-state index in [4.69, 9.17) is 9.52 Å². The summed E-state index contributed by atoms with van der Waals surface area (Å²) in [5.41, 5.74) is 0.500. The van der Waals surface area contributed by atoms with Gasteiger partial charge in [-0.2, -0.15) is 0 Å². The van der Waals surface area contributed by atoms with Crippen molar-refractivity contribution in [3.05, 3.63) is 52.3 Å². The zero-order valence-corrected chi connectivity index (χ0v) is 11.9. The Morgan fingerprint density at radius 3 is 2.71 bits per heavy atom. The Kier molecular flexibility index (Phi) is 5.08. The number of nitrogens with zero attached hydrogens (tertiary/aromatic N) is 2. The number of hydrogen-bond donors (Lipinski definition) is 1. The molecule has 21 heavy (non-hydrogen) atoms. The monoisotopic (exact) mass is 290 g/mol. The van der Waals surface area contributed by atoms with Crippen LogP contribution in [0, 0.1) is 10.1 Å². The number of para-hydroxylation sites is 1. The molecule has 2 rings (SSSR count). The quantitative estimate of drug-likeness (QED) is 0.626. The van der Waals surface area contributed by atoms with Gasteiger partial charge < -0.3 is 9.52 Å². The molecule has 1 aromatic heterocycles. The van der Waals surface area contributed by atoms with E-state index in [9.17, 15) is 10.1 Å². The second-order valence-corrected chi connectivity index (χ2v) is 4.63. The highest BCUT2D eigenvalue weighted by Crippen LogP contribution is 2.31. The SMILES string of the molecule is CCN(CCO)Cc1ccc(-c2ccccc2[N+](=O)[O-])o1. The average Bonchev–Trinajstić information content (AvgIpc) is 2.95. The molecule has 0 aliphatic heterocycles. The van der Waals surface area contributed by atoms with E-state index in [0.717, 1.165) is 12.3 Å². The molecule has 0 saturated heterocycles. The lowest BCUT2D eigenvalue weighted by Crippen LogP contribution is -2.25. The minimum Gasteiger partial charge on any atom is -0.459 e. The normalized spacial score (nSPS) is 11.0. The summed E-state index contributed by atoms with van der Waals surface area (Å²) < 4.78 is 5.71. The number of likely N-dealkylation sites (N-methyl/N-ethyl adjacent to an activating group) is 1. The number of aliphatic hydroxyl groups excluding tert-OH is 1. The fraction of sp³-hybridized carbons (Fsp3) is 0.333. The Bertz CT molecular complexity index is 609. The molecule has 0 atom stereocenters. The van der Waals surface area contributed by atoms with Crippen LogP contribution in [-0.2, 0) is 6.54 Å². The van der Waals surface area contributed by atoms with Crippen molar-refractivity contribution in [2.75, 3.05) is 19.7 Å². The fourth-order valence-electron chi connectivity index (χ4n) is 2.16. The van der Waals surface area contributed by atoms with Crippen LogP contribution in [0.4, 0.5) is 5.69 Å². The van der Waals surface area contributed by atoms with Gasteiger partial charge in [0.05, 0.1) is 23.6 Å². The van der Waals surface area contributed by atoms with Crippen molar-refractivity contribution >= 4 is 5.69 Å². The number of nitro benzene ring substituents is 1. The Hall–Kier alpha value is -2.18. The van der Waals surface area contributed by atoms with Crippen LogP contribution in [0.1, 0.15) is 12.7 Å². The zero-order chi connectivity index (χ0) is 15.2. The number of furan rings is 1. The van der Waals surface area contributed by atoms with Crippen LogP contribution in [0.25, 0.3) is 11.3 Å². The third-order valence-electron chi connectivity index (χ3n) is 3.27. The van der Waals surface area contributed by atoms with Crippen molar-refractivity contribution in [2.24, 2.45) is 0 Å². The lowest BCUT2D eigenvalue weighted by molar-refractivity contribution is -0.384. The van der Waals surface area contributed by atoms with Gasteiger partial charge in [0.2, 0.25) is 0 Å². The molecule has 0 unspecified atom stereocenters. The van der Waals surface area contributed by atoms with E-state index in [0.29, 0.717) is 24.4 Å². The molecule has 0 bridgehead atoms. The summed E-state index contributed by atoms with van der Waals surface area (Å²) >= 11 is 0. The summed E-state index contributed by atoms with van der Waals surface area (Å²) in [7, 11) is 0. The molecule has 112 valence electrons. The Morgan fingerprint density at radius 2 is 2.05 bits per heavy atom. The highest BCUT2D eigenvalue weighted by Gasteiger charge is 2.17. The predicted octanol–water partition coefficient (Wildman–Crippen LogP) is 2.67. The van der Waals surface area contributed by atoms with Crippen molar-refractivity contribution in [1.82, 2.24) is 4.90 Å². The number of nitro groups is 1. The highest BCUT2D eigenvalue weighted by atomic mass is 16.6. The molecule has 0 radical (unpaired) electrons. The standard InChI is InChI=1S/C15H18N2O4/c1-2-16(9-10-18)11-12-7-8-15(21-12)13-5-3-4-6-14(13)17(19)20/h3-8,18H,2,9-11H2,1H3. The molecule has 0 amide bonds. The number of rotatable bonds is 7. The van der Waals surface area contributed by atoms with Gasteiger partial charge in [0.15, 0.2) is 0 Å². The molecule has 0 spiro atoms. The van der Waals surface area contributed by atoms with E-state index in [2.05, 4.69) is 0 Å². The summed E-state index contributed by atoms with van der Waals surface area (Å²) in [6, 6.07) is 10.1. The predicted molar refractivity (Wildman–Crippen MR) is 78.8 cm³/mol. The molecule has 2 aromatic rings. The molecule has 0 aliphatic carbocycles. The molecule has 1 N–H and O–H groups in total. The van der Waals surface area contributed by atoms with Gasteiger partial charge in [-0.3, -0.25) is 15.0 Å². The smallest absolute Gasteiger partial charge is 0.280 e. The van der Waals surface area contributed by atoms with Crippen LogP contribution < -0.4 is 0 Å². The van der Waals surface area contributed by atoms with E-state index in [1.54, 1.807) is 24.3 Å². The summed E-state index contributed by atoms with van der Waals surface area (Å²) in [5, 5.41) is 20.0. The Balaban J connectivity index is 2.22. The van der Waals surface area contributed by atoms with Crippen molar-refractivity contribution < 1.29 is 14.4 Å². The number of hydrogen-bond acceptors (Lipinski definition) is 5. The van der Waals surface area contributed by atoms with Gasteiger partial charge in [-0.05, 0) is 24.7 Å². The second kappa shape index (κ2) is 7.01. The van der Waals surface area contributed by atoms with Crippen LogP contribution in [0.3, 0.4) is 0 Å². The third kappa shape index (κ3) is 3.68. The first-order valence-corrected chi connectivity index (χ1v) is 6.81. The zero-order valence-electron chi connectivity index (χ0n) is 11.9. The highest BCUT2D eigenvalue weighted by molar-refractivity contribution is 5.69. The average molecular weight is 290 g/mol. The number of aliphatic hydroxyl groups is 1. The van der Waals surface area contributed by atoms with Gasteiger partial charge in [-0.25, -0.2) is 0 Å². The Morgan fingerprint density at radius 1 is 1.29 bits per heavy atom. The maximum atomic E-state index is 11.0. The van der Waals surface area contributed by atoms with E-state index in [1.165, 1.54) is 6.07 Å². The molecule has 1 aromatic carbocycles. The van der Waals surface area contributed by atoms with Crippen molar-refractivity contribution in [3.8, 4) is 11.3 Å². The maximum absolute atomic E-state index is 11.0. The van der Waals surface area contributed by atoms with Gasteiger partial charge in [-0.15, -0.1) is 0 Å². The maximum Gasteiger partial charge on any atom is 0.280 e. The van der Waals surface area contributed by atoms with Crippen LogP contribution in [-0.4, -0.2) is 34.6 Å². The second-order valence-electron chi connectivity index (χ2n) is 4.63. The molecular weight excluding hydrogens is 272 g/mol. The minimum atomic E-state index is -0.415. The summed E-state index contributed by atoms with van der Waals surface area (Å²) in [6.45, 7) is 4.02. The van der Waals surface area contributed by atoms with E-state index >= 15 is 0 Å². The van der Waals surface area contributed by atoms with Crippen LogP contribution in [0.15, 0.2) is 40.8 Å². The molecule has 1 heterocycles. The van der Waals surface area contributed by atoms with Crippen LogP contribution in [0.5, 0.6) is 0 Å². The topological polar surface area (TPSA) is 79.8 Å². The lowest BCUT2D eigenvalue weighted by Gasteiger charge is -2.17. The van der Waals surface area contributed by atoms with E-state index < -0.39 is 4.92 Å². The first-order chi connectivity index (χ1) is 10.2. The largest absolute Gasteiger partial charge is 0.459 e. The number of benzene rings is 1. The summed E-state index contributed by atoms with van der Waals surface area (Å²) in [5.74, 6) is 1.20. The van der Waals surface area contributed by atoms with E-state index in [-0.39, 0.29) is 12.3 Å². The van der Waals surface area contributed by atoms with Gasteiger partial charge in [-0.1, -0.05) is 19.1 Å². The lowest BCUT2D eigenvalue weighted by atomic mass is 10.1. The van der Waals surface area contributed by atoms with Gasteiger partial charge >= 0.3 is 0 Å². The first kappa shape index (κ1) is 15.2. The van der Waals surface area contributed by atoms with Crippen LogP contribution in [0.2, 0.25) is 0 Å². The molecule has 6 nitrogen and oxygen atoms in total. The van der Waals surface area contributed by atoms with Gasteiger partial charge in [0.25, 0.3) is 5.69 Å². The molecule has 0 saturated carbocycles. The van der Waals surface area contributed by atoms with Gasteiger partial charge in [0, 0.05) is 12.6 Å². The summed E-state index contributed by atoms with van der Waals surface area (Å²) in [6.07, 6.45) is 0. The molecule has 6 heteroatoms. The fourth-order valence-corrected chi connectivity index (χ4v) is 2.16. The molecule has 0 aliphatic rings. The van der Waals surface area contributed by atoms with E-state index in [1.807, 2.05) is 17.9 Å². The Labute approximate surface area is 122 Å².